The molecule has 0 aliphatic rings. The predicted molar refractivity (Wildman–Crippen MR) is 252 cm³/mol. The fraction of sp³-hybridized carbons (Fsp3) is 0.0556. The van der Waals surface area contributed by atoms with Crippen LogP contribution in [0, 0.1) is 0 Å². The molecule has 60 heavy (non-hydrogen) atoms. The summed E-state index contributed by atoms with van der Waals surface area (Å²) in [7, 11) is 0. The van der Waals surface area contributed by atoms with Crippen LogP contribution in [0.1, 0.15) is 16.7 Å². The zero-order chi connectivity index (χ0) is 39.3. The van der Waals surface area contributed by atoms with Gasteiger partial charge in [-0.3, -0.25) is 0 Å². The van der Waals surface area contributed by atoms with E-state index in [0.29, 0.717) is 37.5 Å². The summed E-state index contributed by atoms with van der Waals surface area (Å²) in [5.74, 6) is 1.52. The van der Waals surface area contributed by atoms with Crippen LogP contribution in [0.15, 0.2) is 164 Å². The summed E-state index contributed by atoms with van der Waals surface area (Å²) in [5, 5.41) is 33.6. The van der Waals surface area contributed by atoms with E-state index in [1.165, 1.54) is 114 Å². The van der Waals surface area contributed by atoms with Gasteiger partial charge < -0.3 is 16.0 Å². The molecule has 6 nitrogen and oxygen atoms in total. The molecular formula is C54H36N6. The summed E-state index contributed by atoms with van der Waals surface area (Å²) in [6, 6.07) is 59.8. The van der Waals surface area contributed by atoms with Crippen molar-refractivity contribution in [2.75, 3.05) is 16.0 Å². The van der Waals surface area contributed by atoms with E-state index >= 15 is 0 Å². The molecule has 0 saturated carbocycles. The molecule has 0 spiro atoms. The maximum absolute atomic E-state index is 4.96. The molecule has 0 aliphatic carbocycles. The second-order valence-electron chi connectivity index (χ2n) is 16.1. The molecule has 0 atom stereocenters. The van der Waals surface area contributed by atoms with Crippen molar-refractivity contribution < 1.29 is 0 Å². The molecule has 282 valence electrons. The van der Waals surface area contributed by atoms with Crippen LogP contribution in [0.5, 0.6) is 0 Å². The van der Waals surface area contributed by atoms with Crippen molar-refractivity contribution in [3.63, 3.8) is 0 Å². The van der Waals surface area contributed by atoms with Crippen LogP contribution in [0.2, 0.25) is 0 Å². The predicted octanol–water partition coefficient (Wildman–Crippen LogP) is 13.4. The van der Waals surface area contributed by atoms with Gasteiger partial charge in [-0.2, -0.15) is 15.0 Å². The van der Waals surface area contributed by atoms with Gasteiger partial charge in [0.1, 0.15) is 0 Å². The smallest absolute Gasteiger partial charge is 0.229 e. The van der Waals surface area contributed by atoms with Crippen molar-refractivity contribution in [3.8, 4) is 0 Å². The summed E-state index contributed by atoms with van der Waals surface area (Å²) >= 11 is 0. The Hall–Kier alpha value is -7.83. The van der Waals surface area contributed by atoms with Gasteiger partial charge in [-0.05, 0) is 114 Å². The van der Waals surface area contributed by atoms with Crippen molar-refractivity contribution in [2.45, 2.75) is 19.6 Å². The van der Waals surface area contributed by atoms with Crippen LogP contribution in [0.4, 0.5) is 17.8 Å². The first-order valence-electron chi connectivity index (χ1n) is 20.6. The molecule has 0 radical (unpaired) electrons. The standard InChI is InChI=1S/C54H36N6/c1-4-31-10-13-37-16-19-40(43-25-22-34(7-1)46(31)49(37)43)28-55-52-58-53(56-29-41-20-17-38-14-11-32-5-2-8-35-23-26-44(41)50(38)47(32)35)60-54(59-52)57-30-42-21-18-39-15-12-33-6-3-9-36-24-27-45(42)51(39)48(33)36/h1-27H,28-30H2,(H3,55,56,57,58,59,60). The van der Waals surface area contributed by atoms with E-state index < -0.39 is 0 Å². The molecule has 1 aromatic heterocycles. The van der Waals surface area contributed by atoms with Gasteiger partial charge in [-0.1, -0.05) is 164 Å². The van der Waals surface area contributed by atoms with Gasteiger partial charge in [0.05, 0.1) is 0 Å². The molecule has 0 saturated heterocycles. The number of hydrogen-bond donors (Lipinski definition) is 3. The molecule has 12 aromatic carbocycles. The van der Waals surface area contributed by atoms with Crippen molar-refractivity contribution in [1.82, 2.24) is 15.0 Å². The third-order valence-corrected chi connectivity index (χ3v) is 12.8. The SMILES string of the molecule is c1cc2ccc3ccc(CNc4nc(NCc5ccc6ccc7cccc8ccc5c6c78)nc(NCc5ccc6ccc7cccc8ccc5c6c78)n4)c4ccc(c1)c2c34. The summed E-state index contributed by atoms with van der Waals surface area (Å²) in [5.41, 5.74) is 3.56. The van der Waals surface area contributed by atoms with Crippen LogP contribution in [-0.4, -0.2) is 15.0 Å². The first-order chi connectivity index (χ1) is 29.7. The van der Waals surface area contributed by atoms with Gasteiger partial charge in [0.15, 0.2) is 0 Å². The zero-order valence-corrected chi connectivity index (χ0v) is 32.6. The van der Waals surface area contributed by atoms with Gasteiger partial charge >= 0.3 is 0 Å². The van der Waals surface area contributed by atoms with Crippen LogP contribution in [0.3, 0.4) is 0 Å². The van der Waals surface area contributed by atoms with E-state index in [2.05, 4.69) is 180 Å². The molecule has 13 rings (SSSR count). The summed E-state index contributed by atoms with van der Waals surface area (Å²) in [6.07, 6.45) is 0. The van der Waals surface area contributed by atoms with Crippen LogP contribution < -0.4 is 16.0 Å². The molecule has 0 unspecified atom stereocenters. The normalized spacial score (nSPS) is 12.2. The number of aromatic nitrogens is 3. The lowest BCUT2D eigenvalue weighted by atomic mass is 9.92. The highest BCUT2D eigenvalue weighted by Crippen LogP contribution is 2.39. The zero-order valence-electron chi connectivity index (χ0n) is 32.6. The van der Waals surface area contributed by atoms with E-state index in [0.717, 1.165) is 0 Å². The Morgan fingerprint density at radius 2 is 0.483 bits per heavy atom. The minimum Gasteiger partial charge on any atom is -0.350 e. The Bertz CT molecular complexity index is 3340. The first kappa shape index (κ1) is 33.2. The highest BCUT2D eigenvalue weighted by atomic mass is 15.3. The first-order valence-corrected chi connectivity index (χ1v) is 20.6. The summed E-state index contributed by atoms with van der Waals surface area (Å²) in [6.45, 7) is 1.67. The molecule has 1 heterocycles. The Balaban J connectivity index is 0.861. The van der Waals surface area contributed by atoms with E-state index in [4.69, 9.17) is 15.0 Å². The maximum atomic E-state index is 4.96. The Morgan fingerprint density at radius 3 is 0.767 bits per heavy atom. The molecule has 6 heteroatoms. The van der Waals surface area contributed by atoms with Crippen molar-refractivity contribution in [3.05, 3.63) is 180 Å². The van der Waals surface area contributed by atoms with E-state index in [1.54, 1.807) is 0 Å². The molecule has 3 N–H and O–H groups in total. The van der Waals surface area contributed by atoms with E-state index in [1.807, 2.05) is 0 Å². The van der Waals surface area contributed by atoms with Gasteiger partial charge in [-0.25, -0.2) is 0 Å². The monoisotopic (exact) mass is 768 g/mol. The lowest BCUT2D eigenvalue weighted by Crippen LogP contribution is -2.13. The maximum Gasteiger partial charge on any atom is 0.229 e. The highest BCUT2D eigenvalue weighted by molar-refractivity contribution is 6.25. The molecular weight excluding hydrogens is 733 g/mol. The fourth-order valence-electron chi connectivity index (χ4n) is 9.99. The highest BCUT2D eigenvalue weighted by Gasteiger charge is 2.16. The summed E-state index contributed by atoms with van der Waals surface area (Å²) < 4.78 is 0. The second kappa shape index (κ2) is 12.8. The molecule has 0 bridgehead atoms. The lowest BCUT2D eigenvalue weighted by molar-refractivity contribution is 0.966. The number of hydrogen-bond acceptors (Lipinski definition) is 6. The molecule has 13 aromatic rings. The minimum atomic E-state index is 0.506. The largest absolute Gasteiger partial charge is 0.350 e. The minimum absolute atomic E-state index is 0.506. The number of benzene rings is 12. The number of rotatable bonds is 9. The van der Waals surface area contributed by atoms with Gasteiger partial charge in [-0.15, -0.1) is 0 Å². The third-order valence-electron chi connectivity index (χ3n) is 12.8. The van der Waals surface area contributed by atoms with Crippen LogP contribution in [0.25, 0.3) is 97.0 Å². The van der Waals surface area contributed by atoms with Gasteiger partial charge in [0.2, 0.25) is 17.8 Å². The molecule has 0 amide bonds. The Labute approximate surface area is 344 Å². The third kappa shape index (κ3) is 5.10. The van der Waals surface area contributed by atoms with Crippen LogP contribution >= 0.6 is 0 Å². The van der Waals surface area contributed by atoms with Crippen molar-refractivity contribution in [2.24, 2.45) is 0 Å². The van der Waals surface area contributed by atoms with E-state index in [-0.39, 0.29) is 0 Å². The average molecular weight is 769 g/mol. The quantitative estimate of drug-likeness (QED) is 0.127. The van der Waals surface area contributed by atoms with E-state index in [9.17, 15) is 0 Å². The second-order valence-corrected chi connectivity index (χ2v) is 16.1. The van der Waals surface area contributed by atoms with Crippen LogP contribution in [-0.2, 0) is 19.6 Å². The fourth-order valence-corrected chi connectivity index (χ4v) is 9.99. The molecule has 0 fully saturated rings. The number of nitrogens with zero attached hydrogens (tertiary/aromatic N) is 3. The van der Waals surface area contributed by atoms with Crippen molar-refractivity contribution >= 4 is 115 Å². The van der Waals surface area contributed by atoms with Gasteiger partial charge in [0.25, 0.3) is 0 Å². The van der Waals surface area contributed by atoms with Gasteiger partial charge in [0, 0.05) is 19.6 Å². The summed E-state index contributed by atoms with van der Waals surface area (Å²) in [4.78, 5) is 14.9. The Kier molecular flexibility index (Phi) is 7.10. The number of anilines is 3. The molecule has 0 aliphatic heterocycles. The van der Waals surface area contributed by atoms with Crippen molar-refractivity contribution in [1.29, 1.82) is 0 Å². The lowest BCUT2D eigenvalue weighted by Gasteiger charge is -2.16. The topological polar surface area (TPSA) is 74.8 Å². The average Bonchev–Trinajstić information content (AvgIpc) is 3.30. The Morgan fingerprint density at radius 1 is 0.250 bits per heavy atom. The number of nitrogens with one attached hydrogen (secondary N) is 3.